The molecular weight excluding hydrogens is 356 g/mol. The van der Waals surface area contributed by atoms with Gasteiger partial charge in [-0.1, -0.05) is 54.6 Å². The molecule has 0 atom stereocenters. The SMILES string of the molecule is O=C(O)Cc1cccnc1NC(=O)OCC1c2ccccc2-c2ccccc21. The summed E-state index contributed by atoms with van der Waals surface area (Å²) in [5, 5.41) is 11.5. The first kappa shape index (κ1) is 17.7. The van der Waals surface area contributed by atoms with E-state index in [9.17, 15) is 9.59 Å². The topological polar surface area (TPSA) is 88.5 Å². The molecule has 28 heavy (non-hydrogen) atoms. The molecule has 6 nitrogen and oxygen atoms in total. The zero-order chi connectivity index (χ0) is 19.5. The average Bonchev–Trinajstić information content (AvgIpc) is 3.01. The number of rotatable bonds is 5. The first-order valence-electron chi connectivity index (χ1n) is 8.91. The number of hydrogen-bond donors (Lipinski definition) is 2. The molecule has 0 aliphatic heterocycles. The van der Waals surface area contributed by atoms with Gasteiger partial charge in [0.05, 0.1) is 6.42 Å². The molecule has 4 rings (SSSR count). The zero-order valence-corrected chi connectivity index (χ0v) is 15.0. The summed E-state index contributed by atoms with van der Waals surface area (Å²) >= 11 is 0. The fourth-order valence-electron chi connectivity index (χ4n) is 3.59. The Bertz CT molecular complexity index is 1000. The number of hydrogen-bond acceptors (Lipinski definition) is 4. The van der Waals surface area contributed by atoms with Gasteiger partial charge in [0, 0.05) is 17.7 Å². The van der Waals surface area contributed by atoms with Gasteiger partial charge in [-0.05, 0) is 28.3 Å². The number of anilines is 1. The lowest BCUT2D eigenvalue weighted by atomic mass is 9.98. The number of carboxylic acids is 1. The number of fused-ring (bicyclic) bond motifs is 3. The van der Waals surface area contributed by atoms with E-state index in [0.29, 0.717) is 5.56 Å². The van der Waals surface area contributed by atoms with E-state index in [2.05, 4.69) is 22.4 Å². The minimum Gasteiger partial charge on any atom is -0.481 e. The Morgan fingerprint density at radius 2 is 1.61 bits per heavy atom. The third-order valence-electron chi connectivity index (χ3n) is 4.80. The lowest BCUT2D eigenvalue weighted by Crippen LogP contribution is -2.19. The highest BCUT2D eigenvalue weighted by Gasteiger charge is 2.29. The van der Waals surface area contributed by atoms with Crippen LogP contribution in [0.3, 0.4) is 0 Å². The van der Waals surface area contributed by atoms with Gasteiger partial charge in [0.15, 0.2) is 0 Å². The largest absolute Gasteiger partial charge is 0.481 e. The first-order valence-corrected chi connectivity index (χ1v) is 8.91. The molecule has 0 saturated heterocycles. The van der Waals surface area contributed by atoms with Crippen molar-refractivity contribution in [1.29, 1.82) is 0 Å². The van der Waals surface area contributed by atoms with Crippen LogP contribution in [-0.2, 0) is 16.0 Å². The van der Waals surface area contributed by atoms with Crippen molar-refractivity contribution in [1.82, 2.24) is 4.98 Å². The highest BCUT2D eigenvalue weighted by molar-refractivity contribution is 5.86. The molecule has 0 saturated carbocycles. The maximum Gasteiger partial charge on any atom is 0.412 e. The van der Waals surface area contributed by atoms with Crippen LogP contribution >= 0.6 is 0 Å². The van der Waals surface area contributed by atoms with E-state index < -0.39 is 12.1 Å². The maximum atomic E-state index is 12.3. The molecule has 0 unspecified atom stereocenters. The van der Waals surface area contributed by atoms with E-state index in [4.69, 9.17) is 9.84 Å². The number of amides is 1. The van der Waals surface area contributed by atoms with Crippen molar-refractivity contribution < 1.29 is 19.4 Å². The van der Waals surface area contributed by atoms with E-state index in [1.807, 2.05) is 36.4 Å². The van der Waals surface area contributed by atoms with Crippen molar-refractivity contribution in [3.8, 4) is 11.1 Å². The van der Waals surface area contributed by atoms with Crippen molar-refractivity contribution in [3.05, 3.63) is 83.6 Å². The van der Waals surface area contributed by atoms with Crippen molar-refractivity contribution >= 4 is 17.9 Å². The number of carbonyl (C=O) groups excluding carboxylic acids is 1. The second kappa shape index (κ2) is 7.52. The van der Waals surface area contributed by atoms with E-state index in [-0.39, 0.29) is 24.8 Å². The number of nitrogens with one attached hydrogen (secondary N) is 1. The van der Waals surface area contributed by atoms with Crippen LogP contribution in [0.5, 0.6) is 0 Å². The normalized spacial score (nSPS) is 12.1. The third kappa shape index (κ3) is 3.44. The van der Waals surface area contributed by atoms with Gasteiger partial charge in [-0.15, -0.1) is 0 Å². The Morgan fingerprint density at radius 1 is 0.964 bits per heavy atom. The Balaban J connectivity index is 1.48. The third-order valence-corrected chi connectivity index (χ3v) is 4.80. The van der Waals surface area contributed by atoms with Crippen LogP contribution in [-0.4, -0.2) is 28.8 Å². The molecule has 2 aromatic carbocycles. The minimum atomic E-state index is -0.997. The number of nitrogens with zero attached hydrogens (tertiary/aromatic N) is 1. The summed E-state index contributed by atoms with van der Waals surface area (Å²) in [6, 6.07) is 19.4. The number of aliphatic carboxylic acids is 1. The van der Waals surface area contributed by atoms with Crippen LogP contribution in [0.1, 0.15) is 22.6 Å². The van der Waals surface area contributed by atoms with Gasteiger partial charge in [0.1, 0.15) is 12.4 Å². The molecule has 0 spiro atoms. The van der Waals surface area contributed by atoms with Crippen LogP contribution in [0.25, 0.3) is 11.1 Å². The van der Waals surface area contributed by atoms with Crippen LogP contribution < -0.4 is 5.32 Å². The number of ether oxygens (including phenoxy) is 1. The highest BCUT2D eigenvalue weighted by atomic mass is 16.5. The number of pyridine rings is 1. The Hall–Kier alpha value is -3.67. The predicted octanol–water partition coefficient (Wildman–Crippen LogP) is 4.07. The fraction of sp³-hybridized carbons (Fsp3) is 0.136. The zero-order valence-electron chi connectivity index (χ0n) is 15.0. The Kier molecular flexibility index (Phi) is 4.76. The van der Waals surface area contributed by atoms with Crippen molar-refractivity contribution in [3.63, 3.8) is 0 Å². The van der Waals surface area contributed by atoms with E-state index in [0.717, 1.165) is 22.3 Å². The van der Waals surface area contributed by atoms with Gasteiger partial charge in [-0.3, -0.25) is 10.1 Å². The van der Waals surface area contributed by atoms with Crippen LogP contribution in [0.4, 0.5) is 10.6 Å². The lowest BCUT2D eigenvalue weighted by molar-refractivity contribution is -0.136. The molecule has 6 heteroatoms. The van der Waals surface area contributed by atoms with E-state index in [1.165, 1.54) is 6.20 Å². The summed E-state index contributed by atoms with van der Waals surface area (Å²) in [5.41, 5.74) is 4.98. The molecular formula is C22H18N2O4. The van der Waals surface area contributed by atoms with Gasteiger partial charge >= 0.3 is 12.1 Å². The second-order valence-corrected chi connectivity index (χ2v) is 6.53. The van der Waals surface area contributed by atoms with Crippen LogP contribution in [0.15, 0.2) is 66.9 Å². The standard InChI is InChI=1S/C22H18N2O4/c25-20(26)12-14-6-5-11-23-21(14)24-22(27)28-13-19-17-9-3-1-7-15(17)16-8-2-4-10-18(16)19/h1-11,19H,12-13H2,(H,25,26)(H,23,24,27). The summed E-state index contributed by atoms with van der Waals surface area (Å²) < 4.78 is 5.47. The summed E-state index contributed by atoms with van der Waals surface area (Å²) in [6.07, 6.45) is 0.601. The molecule has 1 aliphatic carbocycles. The van der Waals surface area contributed by atoms with Gasteiger partial charge in [-0.25, -0.2) is 9.78 Å². The van der Waals surface area contributed by atoms with Crippen LogP contribution in [0, 0.1) is 0 Å². The number of carboxylic acid groups (broad SMARTS) is 1. The Morgan fingerprint density at radius 3 is 2.25 bits per heavy atom. The van der Waals surface area contributed by atoms with E-state index in [1.54, 1.807) is 12.1 Å². The molecule has 0 bridgehead atoms. The fourth-order valence-corrected chi connectivity index (χ4v) is 3.59. The summed E-state index contributed by atoms with van der Waals surface area (Å²) in [6.45, 7) is 0.182. The molecule has 0 radical (unpaired) electrons. The van der Waals surface area contributed by atoms with Crippen molar-refractivity contribution in [2.24, 2.45) is 0 Å². The molecule has 140 valence electrons. The van der Waals surface area contributed by atoms with Gasteiger partial charge in [-0.2, -0.15) is 0 Å². The number of aromatic nitrogens is 1. The van der Waals surface area contributed by atoms with Gasteiger partial charge in [0.2, 0.25) is 0 Å². The monoisotopic (exact) mass is 374 g/mol. The maximum absolute atomic E-state index is 12.3. The molecule has 0 fully saturated rings. The highest BCUT2D eigenvalue weighted by Crippen LogP contribution is 2.44. The second-order valence-electron chi connectivity index (χ2n) is 6.53. The van der Waals surface area contributed by atoms with Gasteiger partial charge in [0.25, 0.3) is 0 Å². The minimum absolute atomic E-state index is 0.0413. The van der Waals surface area contributed by atoms with Crippen LogP contribution in [0.2, 0.25) is 0 Å². The molecule has 1 heterocycles. The van der Waals surface area contributed by atoms with E-state index >= 15 is 0 Å². The summed E-state index contributed by atoms with van der Waals surface area (Å²) in [4.78, 5) is 27.3. The molecule has 3 aromatic rings. The summed E-state index contributed by atoms with van der Waals surface area (Å²) in [7, 11) is 0. The number of carbonyl (C=O) groups is 2. The number of benzene rings is 2. The lowest BCUT2D eigenvalue weighted by Gasteiger charge is -2.15. The average molecular weight is 374 g/mol. The predicted molar refractivity (Wildman–Crippen MR) is 104 cm³/mol. The molecule has 1 aromatic heterocycles. The molecule has 1 aliphatic rings. The quantitative estimate of drug-likeness (QED) is 0.703. The molecule has 1 amide bonds. The molecule has 2 N–H and O–H groups in total. The van der Waals surface area contributed by atoms with Gasteiger partial charge < -0.3 is 9.84 Å². The smallest absolute Gasteiger partial charge is 0.412 e. The first-order chi connectivity index (χ1) is 13.6. The Labute approximate surface area is 161 Å². The summed E-state index contributed by atoms with van der Waals surface area (Å²) in [5.74, 6) is -0.842. The van der Waals surface area contributed by atoms with Crippen molar-refractivity contribution in [2.75, 3.05) is 11.9 Å². The van der Waals surface area contributed by atoms with Crippen molar-refractivity contribution in [2.45, 2.75) is 12.3 Å².